The van der Waals surface area contributed by atoms with Gasteiger partial charge in [0, 0.05) is 18.2 Å². The Balaban J connectivity index is 2.08. The van der Waals surface area contributed by atoms with E-state index in [2.05, 4.69) is 24.4 Å². The van der Waals surface area contributed by atoms with Gasteiger partial charge in [0.15, 0.2) is 0 Å². The van der Waals surface area contributed by atoms with Crippen LogP contribution in [0.3, 0.4) is 0 Å². The molecule has 1 aliphatic heterocycles. The molecule has 2 rings (SSSR count). The summed E-state index contributed by atoms with van der Waals surface area (Å²) in [5.41, 5.74) is 2.40. The molecule has 3 heteroatoms. The molecule has 1 aromatic carbocycles. The highest BCUT2D eigenvalue weighted by Gasteiger charge is 2.29. The predicted octanol–water partition coefficient (Wildman–Crippen LogP) is 1.96. The van der Waals surface area contributed by atoms with E-state index < -0.39 is 0 Å². The van der Waals surface area contributed by atoms with Gasteiger partial charge in [0.2, 0.25) is 5.91 Å². The number of fused-ring (bicyclic) bond motifs is 1. The maximum absolute atomic E-state index is 12.2. The first-order valence-corrected chi connectivity index (χ1v) is 6.28. The largest absolute Gasteiger partial charge is 0.320 e. The second-order valence-electron chi connectivity index (χ2n) is 4.65. The molecule has 0 saturated carbocycles. The monoisotopic (exact) mass is 232 g/mol. The molecule has 0 radical (unpaired) electrons. The quantitative estimate of drug-likeness (QED) is 0.805. The van der Waals surface area contributed by atoms with Crippen LogP contribution in [0.5, 0.6) is 0 Å². The molecule has 0 aromatic heterocycles. The highest BCUT2D eigenvalue weighted by Crippen LogP contribution is 2.32. The standard InChI is InChI=1S/C14H20N2O/c1-11-10-12-6-3-4-7-13(12)16(11)14(17)8-5-9-15-2/h3-4,6-7,11,15H,5,8-10H2,1-2H3. The van der Waals surface area contributed by atoms with Crippen LogP contribution in [0.15, 0.2) is 24.3 Å². The van der Waals surface area contributed by atoms with E-state index in [1.165, 1.54) is 5.56 Å². The minimum atomic E-state index is 0.248. The summed E-state index contributed by atoms with van der Waals surface area (Å²) in [6, 6.07) is 8.52. The molecule has 3 nitrogen and oxygen atoms in total. The molecular formula is C14H20N2O. The fourth-order valence-electron chi connectivity index (χ4n) is 2.48. The Morgan fingerprint density at radius 3 is 3.00 bits per heavy atom. The molecule has 0 bridgehead atoms. The van der Waals surface area contributed by atoms with Crippen molar-refractivity contribution >= 4 is 11.6 Å². The van der Waals surface area contributed by atoms with Crippen molar-refractivity contribution in [2.24, 2.45) is 0 Å². The molecule has 1 heterocycles. The van der Waals surface area contributed by atoms with Crippen LogP contribution in [0, 0.1) is 0 Å². The number of nitrogens with zero attached hydrogens (tertiary/aromatic N) is 1. The van der Waals surface area contributed by atoms with Gasteiger partial charge in [0.05, 0.1) is 0 Å². The minimum absolute atomic E-state index is 0.248. The Hall–Kier alpha value is -1.35. The van der Waals surface area contributed by atoms with Crippen LogP contribution in [0.4, 0.5) is 5.69 Å². The summed E-state index contributed by atoms with van der Waals surface area (Å²) >= 11 is 0. The van der Waals surface area contributed by atoms with E-state index in [1.807, 2.05) is 24.1 Å². The molecule has 0 fully saturated rings. The third-order valence-corrected chi connectivity index (χ3v) is 3.29. The predicted molar refractivity (Wildman–Crippen MR) is 70.3 cm³/mol. The number of rotatable bonds is 4. The Kier molecular flexibility index (Phi) is 3.79. The number of carbonyl (C=O) groups excluding carboxylic acids is 1. The first kappa shape index (κ1) is 12.1. The molecule has 1 aliphatic rings. The van der Waals surface area contributed by atoms with Gasteiger partial charge in [-0.15, -0.1) is 0 Å². The lowest BCUT2D eigenvalue weighted by atomic mass is 10.1. The van der Waals surface area contributed by atoms with Crippen LogP contribution in [-0.2, 0) is 11.2 Å². The topological polar surface area (TPSA) is 32.3 Å². The minimum Gasteiger partial charge on any atom is -0.320 e. The van der Waals surface area contributed by atoms with Gasteiger partial charge in [-0.1, -0.05) is 18.2 Å². The lowest BCUT2D eigenvalue weighted by Crippen LogP contribution is -2.35. The van der Waals surface area contributed by atoms with E-state index in [-0.39, 0.29) is 5.91 Å². The summed E-state index contributed by atoms with van der Waals surface area (Å²) in [5, 5.41) is 3.07. The Morgan fingerprint density at radius 1 is 1.47 bits per heavy atom. The number of hydrogen-bond acceptors (Lipinski definition) is 2. The van der Waals surface area contributed by atoms with Gasteiger partial charge < -0.3 is 10.2 Å². The Labute approximate surface area is 103 Å². The van der Waals surface area contributed by atoms with E-state index in [0.717, 1.165) is 25.1 Å². The van der Waals surface area contributed by atoms with Crippen molar-refractivity contribution in [3.63, 3.8) is 0 Å². The van der Waals surface area contributed by atoms with Crippen LogP contribution >= 0.6 is 0 Å². The fourth-order valence-corrected chi connectivity index (χ4v) is 2.48. The highest BCUT2D eigenvalue weighted by atomic mass is 16.2. The molecule has 1 unspecified atom stereocenters. The van der Waals surface area contributed by atoms with E-state index in [0.29, 0.717) is 12.5 Å². The summed E-state index contributed by atoms with van der Waals surface area (Å²) in [6.45, 7) is 3.02. The lowest BCUT2D eigenvalue weighted by molar-refractivity contribution is -0.119. The first-order chi connectivity index (χ1) is 8.24. The second kappa shape index (κ2) is 5.32. The summed E-state index contributed by atoms with van der Waals surface area (Å²) in [5.74, 6) is 0.248. The Bertz CT molecular complexity index is 403. The molecule has 1 amide bonds. The molecule has 0 saturated heterocycles. The number of nitrogens with one attached hydrogen (secondary N) is 1. The zero-order valence-corrected chi connectivity index (χ0v) is 10.6. The fraction of sp³-hybridized carbons (Fsp3) is 0.500. The molecule has 92 valence electrons. The molecular weight excluding hydrogens is 212 g/mol. The number of para-hydroxylation sites is 1. The van der Waals surface area contributed by atoms with E-state index in [9.17, 15) is 4.79 Å². The summed E-state index contributed by atoms with van der Waals surface area (Å²) in [4.78, 5) is 14.2. The van der Waals surface area contributed by atoms with Crippen LogP contribution < -0.4 is 10.2 Å². The first-order valence-electron chi connectivity index (χ1n) is 6.28. The van der Waals surface area contributed by atoms with Gasteiger partial charge in [-0.3, -0.25) is 4.79 Å². The molecule has 1 aromatic rings. The number of hydrogen-bond donors (Lipinski definition) is 1. The third kappa shape index (κ3) is 2.50. The van der Waals surface area contributed by atoms with E-state index >= 15 is 0 Å². The van der Waals surface area contributed by atoms with Crippen molar-refractivity contribution in [2.45, 2.75) is 32.2 Å². The smallest absolute Gasteiger partial charge is 0.227 e. The lowest BCUT2D eigenvalue weighted by Gasteiger charge is -2.22. The van der Waals surface area contributed by atoms with Gasteiger partial charge in [-0.05, 0) is 45.0 Å². The molecule has 17 heavy (non-hydrogen) atoms. The maximum Gasteiger partial charge on any atom is 0.227 e. The van der Waals surface area contributed by atoms with Gasteiger partial charge in [0.1, 0.15) is 0 Å². The zero-order valence-electron chi connectivity index (χ0n) is 10.6. The van der Waals surface area contributed by atoms with Crippen LogP contribution in [0.2, 0.25) is 0 Å². The summed E-state index contributed by atoms with van der Waals surface area (Å²) < 4.78 is 0. The molecule has 0 spiro atoms. The van der Waals surface area contributed by atoms with Crippen molar-refractivity contribution in [1.29, 1.82) is 0 Å². The average Bonchev–Trinajstić information content (AvgIpc) is 2.65. The number of benzene rings is 1. The summed E-state index contributed by atoms with van der Waals surface area (Å²) in [6.07, 6.45) is 2.51. The van der Waals surface area contributed by atoms with Crippen molar-refractivity contribution in [2.75, 3.05) is 18.5 Å². The van der Waals surface area contributed by atoms with Crippen molar-refractivity contribution in [3.8, 4) is 0 Å². The highest BCUT2D eigenvalue weighted by molar-refractivity contribution is 5.96. The zero-order chi connectivity index (χ0) is 12.3. The van der Waals surface area contributed by atoms with Gasteiger partial charge in [-0.25, -0.2) is 0 Å². The Morgan fingerprint density at radius 2 is 2.24 bits per heavy atom. The normalized spacial score (nSPS) is 18.2. The van der Waals surface area contributed by atoms with E-state index in [4.69, 9.17) is 0 Å². The van der Waals surface area contributed by atoms with Crippen molar-refractivity contribution in [1.82, 2.24) is 5.32 Å². The maximum atomic E-state index is 12.2. The number of anilines is 1. The van der Waals surface area contributed by atoms with Crippen LogP contribution in [0.1, 0.15) is 25.3 Å². The molecule has 1 N–H and O–H groups in total. The van der Waals surface area contributed by atoms with Gasteiger partial charge in [0.25, 0.3) is 0 Å². The van der Waals surface area contributed by atoms with Crippen LogP contribution in [-0.4, -0.2) is 25.5 Å². The van der Waals surface area contributed by atoms with Gasteiger partial charge in [-0.2, -0.15) is 0 Å². The number of carbonyl (C=O) groups is 1. The number of amides is 1. The van der Waals surface area contributed by atoms with E-state index in [1.54, 1.807) is 0 Å². The molecule has 0 aliphatic carbocycles. The van der Waals surface area contributed by atoms with Crippen LogP contribution in [0.25, 0.3) is 0 Å². The van der Waals surface area contributed by atoms with Gasteiger partial charge >= 0.3 is 0 Å². The SMILES string of the molecule is CNCCCC(=O)N1c2ccccc2CC1C. The van der Waals surface area contributed by atoms with Crippen molar-refractivity contribution < 1.29 is 4.79 Å². The average molecular weight is 232 g/mol. The summed E-state index contributed by atoms with van der Waals surface area (Å²) in [7, 11) is 1.91. The second-order valence-corrected chi connectivity index (χ2v) is 4.65. The third-order valence-electron chi connectivity index (χ3n) is 3.29. The molecule has 1 atom stereocenters. The van der Waals surface area contributed by atoms with Crippen molar-refractivity contribution in [3.05, 3.63) is 29.8 Å².